The molecule has 2 rings (SSSR count). The van der Waals surface area contributed by atoms with Crippen molar-refractivity contribution in [3.8, 4) is 0 Å². The standard InChI is InChI=1S/C13H12N2O3S2/c1-2-9(12(17)18)15-11(16)10(20-13(15)19)7-8-5-3-4-6-14-8/h3-7,9H,2H2,1H3,(H,17,18)/b10-7-/t9-/m1/s1. The van der Waals surface area contributed by atoms with Gasteiger partial charge in [-0.25, -0.2) is 4.79 Å². The molecule has 0 bridgehead atoms. The molecule has 0 spiro atoms. The zero-order valence-electron chi connectivity index (χ0n) is 10.6. The van der Waals surface area contributed by atoms with Crippen molar-refractivity contribution in [3.63, 3.8) is 0 Å². The molecule has 1 atom stereocenters. The van der Waals surface area contributed by atoms with E-state index in [2.05, 4.69) is 4.98 Å². The molecular formula is C13H12N2O3S2. The molecule has 1 aromatic rings. The fourth-order valence-corrected chi connectivity index (χ4v) is 3.15. The van der Waals surface area contributed by atoms with Gasteiger partial charge in [0.15, 0.2) is 0 Å². The monoisotopic (exact) mass is 308 g/mol. The molecule has 1 saturated heterocycles. The van der Waals surface area contributed by atoms with E-state index in [0.29, 0.717) is 17.0 Å². The summed E-state index contributed by atoms with van der Waals surface area (Å²) < 4.78 is 0.270. The van der Waals surface area contributed by atoms with Crippen LogP contribution in [0, 0.1) is 0 Å². The molecule has 1 aliphatic heterocycles. The van der Waals surface area contributed by atoms with Crippen molar-refractivity contribution < 1.29 is 14.7 Å². The van der Waals surface area contributed by atoms with Crippen molar-refractivity contribution in [3.05, 3.63) is 35.0 Å². The first-order valence-electron chi connectivity index (χ1n) is 5.95. The largest absolute Gasteiger partial charge is 0.480 e. The van der Waals surface area contributed by atoms with Crippen molar-refractivity contribution >= 4 is 46.3 Å². The maximum Gasteiger partial charge on any atom is 0.326 e. The van der Waals surface area contributed by atoms with Crippen molar-refractivity contribution in [2.75, 3.05) is 0 Å². The Morgan fingerprint density at radius 2 is 2.35 bits per heavy atom. The zero-order valence-corrected chi connectivity index (χ0v) is 12.3. The minimum atomic E-state index is -1.05. The van der Waals surface area contributed by atoms with Crippen molar-refractivity contribution in [2.24, 2.45) is 0 Å². The summed E-state index contributed by atoms with van der Waals surface area (Å²) in [5, 5.41) is 9.15. The fourth-order valence-electron chi connectivity index (χ4n) is 1.81. The number of amides is 1. The van der Waals surface area contributed by atoms with Gasteiger partial charge in [-0.05, 0) is 24.6 Å². The zero-order chi connectivity index (χ0) is 14.7. The number of carboxylic acid groups (broad SMARTS) is 1. The van der Waals surface area contributed by atoms with E-state index < -0.39 is 12.0 Å². The van der Waals surface area contributed by atoms with E-state index in [-0.39, 0.29) is 10.2 Å². The predicted molar refractivity (Wildman–Crippen MR) is 81.0 cm³/mol. The highest BCUT2D eigenvalue weighted by atomic mass is 32.2. The van der Waals surface area contributed by atoms with Crippen LogP contribution in [-0.2, 0) is 9.59 Å². The number of carboxylic acids is 1. The molecule has 2 heterocycles. The van der Waals surface area contributed by atoms with Crippen molar-refractivity contribution in [1.29, 1.82) is 0 Å². The van der Waals surface area contributed by atoms with Crippen LogP contribution in [0.4, 0.5) is 0 Å². The molecule has 20 heavy (non-hydrogen) atoms. The third-order valence-electron chi connectivity index (χ3n) is 2.77. The maximum absolute atomic E-state index is 12.3. The van der Waals surface area contributed by atoms with Gasteiger partial charge in [-0.2, -0.15) is 0 Å². The molecule has 1 N–H and O–H groups in total. The lowest BCUT2D eigenvalue weighted by Gasteiger charge is -2.21. The molecular weight excluding hydrogens is 296 g/mol. The lowest BCUT2D eigenvalue weighted by Crippen LogP contribution is -2.43. The number of rotatable bonds is 4. The molecule has 1 aliphatic rings. The first-order valence-corrected chi connectivity index (χ1v) is 7.18. The lowest BCUT2D eigenvalue weighted by molar-refractivity contribution is -0.145. The van der Waals surface area contributed by atoms with Gasteiger partial charge >= 0.3 is 5.97 Å². The van der Waals surface area contributed by atoms with Crippen LogP contribution in [0.1, 0.15) is 19.0 Å². The van der Waals surface area contributed by atoms with Gasteiger partial charge in [-0.15, -0.1) is 0 Å². The van der Waals surface area contributed by atoms with Crippen LogP contribution >= 0.6 is 24.0 Å². The van der Waals surface area contributed by atoms with E-state index in [1.807, 2.05) is 6.07 Å². The number of aromatic nitrogens is 1. The number of carbonyl (C=O) groups excluding carboxylic acids is 1. The highest BCUT2D eigenvalue weighted by molar-refractivity contribution is 8.26. The number of pyridine rings is 1. The van der Waals surface area contributed by atoms with Crippen LogP contribution in [0.25, 0.3) is 6.08 Å². The van der Waals surface area contributed by atoms with Gasteiger partial charge in [0, 0.05) is 6.20 Å². The predicted octanol–water partition coefficient (Wildman–Crippen LogP) is 2.15. The summed E-state index contributed by atoms with van der Waals surface area (Å²) in [6.07, 6.45) is 3.55. The van der Waals surface area contributed by atoms with Crippen LogP contribution in [0.2, 0.25) is 0 Å². The van der Waals surface area contributed by atoms with Gasteiger partial charge < -0.3 is 5.11 Å². The summed E-state index contributed by atoms with van der Waals surface area (Å²) in [4.78, 5) is 29.1. The van der Waals surface area contributed by atoms with Crippen LogP contribution in [0.3, 0.4) is 0 Å². The van der Waals surface area contributed by atoms with Crippen LogP contribution in [0.5, 0.6) is 0 Å². The quantitative estimate of drug-likeness (QED) is 0.679. The summed E-state index contributed by atoms with van der Waals surface area (Å²) >= 11 is 6.22. The third-order valence-corrected chi connectivity index (χ3v) is 4.10. The number of carbonyl (C=O) groups is 2. The highest BCUT2D eigenvalue weighted by Crippen LogP contribution is 2.34. The Hall–Kier alpha value is -1.73. The van der Waals surface area contributed by atoms with Gasteiger partial charge in [0.2, 0.25) is 0 Å². The molecule has 1 aromatic heterocycles. The molecule has 104 valence electrons. The van der Waals surface area contributed by atoms with E-state index >= 15 is 0 Å². The first-order chi connectivity index (χ1) is 9.54. The van der Waals surface area contributed by atoms with E-state index in [4.69, 9.17) is 17.3 Å². The SMILES string of the molecule is CC[C@H](C(=O)O)N1C(=O)/C(=C/c2ccccn2)SC1=S. The second kappa shape index (κ2) is 6.15. The molecule has 7 heteroatoms. The van der Waals surface area contributed by atoms with Crippen molar-refractivity contribution in [1.82, 2.24) is 9.88 Å². The average Bonchev–Trinajstić information content (AvgIpc) is 2.68. The van der Waals surface area contributed by atoms with Gasteiger partial charge in [0.25, 0.3) is 5.91 Å². The molecule has 1 amide bonds. The third kappa shape index (κ3) is 2.88. The van der Waals surface area contributed by atoms with Crippen LogP contribution < -0.4 is 0 Å². The van der Waals surface area contributed by atoms with Crippen LogP contribution in [0.15, 0.2) is 29.3 Å². The fraction of sp³-hybridized carbons (Fsp3) is 0.231. The summed E-state index contributed by atoms with van der Waals surface area (Å²) in [5.74, 6) is -1.43. The number of thioether (sulfide) groups is 1. The second-order valence-corrected chi connectivity index (χ2v) is 5.74. The molecule has 5 nitrogen and oxygen atoms in total. The summed E-state index contributed by atoms with van der Waals surface area (Å²) in [7, 11) is 0. The summed E-state index contributed by atoms with van der Waals surface area (Å²) in [6.45, 7) is 1.71. The van der Waals surface area contributed by atoms with Gasteiger partial charge in [-0.3, -0.25) is 14.7 Å². The molecule has 0 unspecified atom stereocenters. The topological polar surface area (TPSA) is 70.5 Å². The van der Waals surface area contributed by atoms with E-state index in [0.717, 1.165) is 16.7 Å². The Balaban J connectivity index is 2.29. The maximum atomic E-state index is 12.3. The van der Waals surface area contributed by atoms with Crippen LogP contribution in [-0.4, -0.2) is 37.2 Å². The van der Waals surface area contributed by atoms with Crippen molar-refractivity contribution in [2.45, 2.75) is 19.4 Å². The van der Waals surface area contributed by atoms with E-state index in [9.17, 15) is 9.59 Å². The highest BCUT2D eigenvalue weighted by Gasteiger charge is 2.39. The lowest BCUT2D eigenvalue weighted by atomic mass is 10.2. The Morgan fingerprint density at radius 3 is 2.90 bits per heavy atom. The molecule has 1 fully saturated rings. The smallest absolute Gasteiger partial charge is 0.326 e. The first kappa shape index (κ1) is 14.7. The average molecular weight is 308 g/mol. The Kier molecular flexibility index (Phi) is 4.51. The Bertz CT molecular complexity index is 587. The summed E-state index contributed by atoms with van der Waals surface area (Å²) in [6, 6.07) is 4.43. The molecule has 0 aromatic carbocycles. The minimum absolute atomic E-state index is 0.270. The minimum Gasteiger partial charge on any atom is -0.480 e. The van der Waals surface area contributed by atoms with Gasteiger partial charge in [0.1, 0.15) is 10.4 Å². The molecule has 0 saturated carbocycles. The Morgan fingerprint density at radius 1 is 1.60 bits per heavy atom. The number of thiocarbonyl (C=S) groups is 1. The summed E-state index contributed by atoms with van der Waals surface area (Å²) in [5.41, 5.74) is 0.636. The van der Waals surface area contributed by atoms with Gasteiger partial charge in [-0.1, -0.05) is 37.0 Å². The second-order valence-electron chi connectivity index (χ2n) is 4.07. The van der Waals surface area contributed by atoms with E-state index in [1.54, 1.807) is 31.3 Å². The number of nitrogens with zero attached hydrogens (tertiary/aromatic N) is 2. The van der Waals surface area contributed by atoms with Gasteiger partial charge in [0.05, 0.1) is 10.6 Å². The molecule has 0 aliphatic carbocycles. The number of aliphatic carboxylic acids is 1. The number of hydrogen-bond donors (Lipinski definition) is 1. The Labute approximate surface area is 125 Å². The number of hydrogen-bond acceptors (Lipinski definition) is 5. The molecule has 0 radical (unpaired) electrons. The normalized spacial score (nSPS) is 18.6. The van der Waals surface area contributed by atoms with E-state index in [1.165, 1.54) is 0 Å².